The first kappa shape index (κ1) is 26.0. The maximum absolute atomic E-state index is 12.5. The summed E-state index contributed by atoms with van der Waals surface area (Å²) in [5.41, 5.74) is 1.87. The van der Waals surface area contributed by atoms with Gasteiger partial charge in [-0.3, -0.25) is 9.59 Å². The lowest BCUT2D eigenvalue weighted by atomic mass is 10.1. The first-order valence-electron chi connectivity index (χ1n) is 10.9. The minimum absolute atomic E-state index is 0.111. The summed E-state index contributed by atoms with van der Waals surface area (Å²) in [6.45, 7) is 1.78. The highest BCUT2D eigenvalue weighted by atomic mass is 35.5. The van der Waals surface area contributed by atoms with E-state index in [9.17, 15) is 19.6 Å². The number of nitriles is 1. The van der Waals surface area contributed by atoms with Crippen LogP contribution in [-0.2, 0) is 14.3 Å². The number of hydrogen-bond donors (Lipinski definition) is 2. The van der Waals surface area contributed by atoms with Crippen LogP contribution in [0.2, 0.25) is 5.02 Å². The summed E-state index contributed by atoms with van der Waals surface area (Å²) in [6, 6.07) is 21.3. The van der Waals surface area contributed by atoms with E-state index in [1.54, 1.807) is 67.6 Å². The Balaban J connectivity index is 1.55. The van der Waals surface area contributed by atoms with Crippen molar-refractivity contribution in [2.45, 2.75) is 6.92 Å². The first-order chi connectivity index (χ1) is 17.4. The Bertz CT molecular complexity index is 1300. The van der Waals surface area contributed by atoms with Gasteiger partial charge in [0.05, 0.1) is 12.2 Å². The van der Waals surface area contributed by atoms with Gasteiger partial charge in [0.2, 0.25) is 0 Å². The zero-order chi connectivity index (χ0) is 25.9. The summed E-state index contributed by atoms with van der Waals surface area (Å²) in [7, 11) is 0. The molecule has 0 aliphatic rings. The molecule has 0 aliphatic carbocycles. The molecule has 3 aromatic rings. The average Bonchev–Trinajstić information content (AvgIpc) is 2.88. The van der Waals surface area contributed by atoms with Gasteiger partial charge >= 0.3 is 5.97 Å². The van der Waals surface area contributed by atoms with E-state index in [0.29, 0.717) is 33.3 Å². The molecule has 2 amide bonds. The van der Waals surface area contributed by atoms with Crippen molar-refractivity contribution in [3.8, 4) is 11.8 Å². The Labute approximate surface area is 213 Å². The van der Waals surface area contributed by atoms with Crippen molar-refractivity contribution in [1.82, 2.24) is 0 Å². The number of anilines is 2. The fourth-order valence-corrected chi connectivity index (χ4v) is 3.08. The van der Waals surface area contributed by atoms with Crippen molar-refractivity contribution in [1.29, 1.82) is 5.26 Å². The van der Waals surface area contributed by atoms with Crippen LogP contribution in [0.1, 0.15) is 22.8 Å². The minimum Gasteiger partial charge on any atom is -0.484 e. The molecule has 0 heterocycles. The smallest absolute Gasteiger partial charge is 0.338 e. The van der Waals surface area contributed by atoms with Crippen molar-refractivity contribution in [2.75, 3.05) is 23.8 Å². The number of carbonyl (C=O) groups is 3. The second kappa shape index (κ2) is 12.7. The standard InChI is InChI=1S/C27H22ClN3O5/c1-2-35-27(34)19-5-9-23(10-6-19)31-26(33)20(16-29)15-18-3-13-24(14-4-18)36-17-25(32)30-22-11-7-21(28)8-12-22/h3-15H,2,17H2,1H3,(H,30,32)(H,31,33)/b20-15+. The second-order valence-electron chi connectivity index (χ2n) is 7.33. The Morgan fingerprint density at radius 2 is 1.53 bits per heavy atom. The molecule has 0 aliphatic heterocycles. The molecular formula is C27H22ClN3O5. The normalized spacial score (nSPS) is 10.6. The Morgan fingerprint density at radius 3 is 2.14 bits per heavy atom. The molecule has 0 unspecified atom stereocenters. The summed E-state index contributed by atoms with van der Waals surface area (Å²) >= 11 is 5.82. The molecule has 9 heteroatoms. The molecule has 0 fully saturated rings. The van der Waals surface area contributed by atoms with E-state index >= 15 is 0 Å². The van der Waals surface area contributed by atoms with Crippen LogP contribution in [0.4, 0.5) is 11.4 Å². The molecule has 2 N–H and O–H groups in total. The van der Waals surface area contributed by atoms with Crippen molar-refractivity contribution in [3.05, 3.63) is 94.5 Å². The topological polar surface area (TPSA) is 118 Å². The third kappa shape index (κ3) is 7.72. The molecule has 0 bridgehead atoms. The van der Waals surface area contributed by atoms with Gasteiger partial charge in [-0.05, 0) is 79.2 Å². The van der Waals surface area contributed by atoms with E-state index < -0.39 is 11.9 Å². The third-order valence-corrected chi connectivity index (χ3v) is 4.96. The predicted molar refractivity (Wildman–Crippen MR) is 137 cm³/mol. The summed E-state index contributed by atoms with van der Waals surface area (Å²) < 4.78 is 10.4. The van der Waals surface area contributed by atoms with Crippen LogP contribution < -0.4 is 15.4 Å². The highest BCUT2D eigenvalue weighted by molar-refractivity contribution is 6.30. The lowest BCUT2D eigenvalue weighted by Gasteiger charge is -2.08. The molecule has 0 saturated carbocycles. The zero-order valence-corrected chi connectivity index (χ0v) is 20.0. The molecule has 0 spiro atoms. The number of nitrogens with zero attached hydrogens (tertiary/aromatic N) is 1. The fraction of sp³-hybridized carbons (Fsp3) is 0.111. The number of rotatable bonds is 9. The largest absolute Gasteiger partial charge is 0.484 e. The molecule has 3 aromatic carbocycles. The second-order valence-corrected chi connectivity index (χ2v) is 7.77. The molecule has 182 valence electrons. The maximum atomic E-state index is 12.5. The summed E-state index contributed by atoms with van der Waals surface area (Å²) in [5, 5.41) is 15.3. The van der Waals surface area contributed by atoms with Gasteiger partial charge in [-0.25, -0.2) is 4.79 Å². The number of nitrogens with one attached hydrogen (secondary N) is 2. The van der Waals surface area contributed by atoms with Crippen LogP contribution in [0, 0.1) is 11.3 Å². The van der Waals surface area contributed by atoms with Gasteiger partial charge in [-0.2, -0.15) is 5.26 Å². The van der Waals surface area contributed by atoms with Crippen LogP contribution in [0.25, 0.3) is 6.08 Å². The highest BCUT2D eigenvalue weighted by Crippen LogP contribution is 2.17. The van der Waals surface area contributed by atoms with Gasteiger partial charge in [0.25, 0.3) is 11.8 Å². The maximum Gasteiger partial charge on any atom is 0.338 e. The summed E-state index contributed by atoms with van der Waals surface area (Å²) in [6.07, 6.45) is 1.43. The predicted octanol–water partition coefficient (Wildman–Crippen LogP) is 5.08. The summed E-state index contributed by atoms with van der Waals surface area (Å²) in [5.74, 6) is -0.939. The fourth-order valence-electron chi connectivity index (χ4n) is 2.96. The van der Waals surface area contributed by atoms with Crippen molar-refractivity contribution >= 4 is 46.8 Å². The van der Waals surface area contributed by atoms with E-state index in [0.717, 1.165) is 0 Å². The van der Waals surface area contributed by atoms with Gasteiger partial charge < -0.3 is 20.1 Å². The number of hydrogen-bond acceptors (Lipinski definition) is 6. The Kier molecular flexibility index (Phi) is 9.20. The first-order valence-corrected chi connectivity index (χ1v) is 11.2. The molecule has 0 saturated heterocycles. The third-order valence-electron chi connectivity index (χ3n) is 4.71. The van der Waals surface area contributed by atoms with Gasteiger partial charge in [-0.1, -0.05) is 23.7 Å². The SMILES string of the molecule is CCOC(=O)c1ccc(NC(=O)/C(C#N)=C/c2ccc(OCC(=O)Nc3ccc(Cl)cc3)cc2)cc1. The number of amides is 2. The molecule has 36 heavy (non-hydrogen) atoms. The Morgan fingerprint density at radius 1 is 0.917 bits per heavy atom. The van der Waals surface area contributed by atoms with Gasteiger partial charge in [-0.15, -0.1) is 0 Å². The average molecular weight is 504 g/mol. The van der Waals surface area contributed by atoms with Crippen molar-refractivity contribution in [3.63, 3.8) is 0 Å². The zero-order valence-electron chi connectivity index (χ0n) is 19.3. The van der Waals surface area contributed by atoms with E-state index in [2.05, 4.69) is 10.6 Å². The van der Waals surface area contributed by atoms with Crippen LogP contribution in [0.3, 0.4) is 0 Å². The van der Waals surface area contributed by atoms with E-state index in [4.69, 9.17) is 21.1 Å². The quantitative estimate of drug-likeness (QED) is 0.239. The number of benzene rings is 3. The van der Waals surface area contributed by atoms with Crippen LogP contribution in [-0.4, -0.2) is 31.0 Å². The lowest BCUT2D eigenvalue weighted by molar-refractivity contribution is -0.118. The van der Waals surface area contributed by atoms with Crippen molar-refractivity contribution < 1.29 is 23.9 Å². The van der Waals surface area contributed by atoms with Crippen LogP contribution >= 0.6 is 11.6 Å². The highest BCUT2D eigenvalue weighted by Gasteiger charge is 2.11. The van der Waals surface area contributed by atoms with Gasteiger partial charge in [0.1, 0.15) is 17.4 Å². The van der Waals surface area contributed by atoms with E-state index in [1.165, 1.54) is 18.2 Å². The minimum atomic E-state index is -0.597. The molecule has 0 atom stereocenters. The number of ether oxygens (including phenoxy) is 2. The van der Waals surface area contributed by atoms with Crippen LogP contribution in [0.15, 0.2) is 78.4 Å². The molecular weight excluding hydrogens is 482 g/mol. The van der Waals surface area contributed by atoms with Gasteiger partial charge in [0.15, 0.2) is 6.61 Å². The molecule has 0 aromatic heterocycles. The number of halogens is 1. The molecule has 0 radical (unpaired) electrons. The van der Waals surface area contributed by atoms with Crippen molar-refractivity contribution in [2.24, 2.45) is 0 Å². The number of carbonyl (C=O) groups excluding carboxylic acids is 3. The van der Waals surface area contributed by atoms with E-state index in [-0.39, 0.29) is 24.7 Å². The lowest BCUT2D eigenvalue weighted by Crippen LogP contribution is -2.20. The van der Waals surface area contributed by atoms with Gasteiger partial charge in [0, 0.05) is 16.4 Å². The summed E-state index contributed by atoms with van der Waals surface area (Å²) in [4.78, 5) is 36.3. The number of esters is 1. The van der Waals surface area contributed by atoms with Crippen LogP contribution in [0.5, 0.6) is 5.75 Å². The monoisotopic (exact) mass is 503 g/mol. The van der Waals surface area contributed by atoms with E-state index in [1.807, 2.05) is 6.07 Å². The molecule has 3 rings (SSSR count). The Hall–Kier alpha value is -4.61. The molecule has 8 nitrogen and oxygen atoms in total.